The van der Waals surface area contributed by atoms with E-state index in [1.165, 1.54) is 0 Å². The summed E-state index contributed by atoms with van der Waals surface area (Å²) in [6.07, 6.45) is 0.0347. The molecule has 2 N–H and O–H groups in total. The molecule has 0 unspecified atom stereocenters. The zero-order valence-corrected chi connectivity index (χ0v) is 9.64. The van der Waals surface area contributed by atoms with Gasteiger partial charge in [-0.3, -0.25) is 4.79 Å². The van der Waals surface area contributed by atoms with Gasteiger partial charge in [0.25, 0.3) is 0 Å². The number of nitrogens with one attached hydrogen (secondary N) is 2. The molecular weight excluding hydrogens is 196 g/mol. The van der Waals surface area contributed by atoms with Crippen molar-refractivity contribution in [3.63, 3.8) is 0 Å². The van der Waals surface area contributed by atoms with Crippen LogP contribution in [0.5, 0.6) is 0 Å². The molecule has 1 atom stereocenters. The quantitative estimate of drug-likeness (QED) is 0.678. The van der Waals surface area contributed by atoms with Crippen LogP contribution < -0.4 is 10.6 Å². The molecule has 1 aliphatic rings. The number of hydrogen-bond donors (Lipinski definition) is 2. The van der Waals surface area contributed by atoms with Crippen LogP contribution in [-0.2, 0) is 9.53 Å². The molecule has 15 heavy (non-hydrogen) atoms. The molecule has 1 saturated heterocycles. The van der Waals surface area contributed by atoms with Crippen LogP contribution in [0.15, 0.2) is 0 Å². The van der Waals surface area contributed by atoms with E-state index in [2.05, 4.69) is 10.6 Å². The van der Waals surface area contributed by atoms with E-state index < -0.39 is 17.2 Å². The summed E-state index contributed by atoms with van der Waals surface area (Å²) in [5, 5.41) is 5.26. The first-order valence-electron chi connectivity index (χ1n) is 5.02. The van der Waals surface area contributed by atoms with Crippen LogP contribution in [0.2, 0.25) is 0 Å². The van der Waals surface area contributed by atoms with Gasteiger partial charge >= 0.3 is 6.09 Å². The Hall–Kier alpha value is -1.26. The van der Waals surface area contributed by atoms with E-state index in [9.17, 15) is 9.59 Å². The maximum atomic E-state index is 11.5. The molecule has 1 heterocycles. The zero-order valence-electron chi connectivity index (χ0n) is 9.64. The van der Waals surface area contributed by atoms with E-state index in [0.29, 0.717) is 13.0 Å². The van der Waals surface area contributed by atoms with Crippen molar-refractivity contribution in [2.45, 2.75) is 45.3 Å². The van der Waals surface area contributed by atoms with Crippen molar-refractivity contribution < 1.29 is 14.3 Å². The van der Waals surface area contributed by atoms with Gasteiger partial charge in [0, 0.05) is 6.54 Å². The van der Waals surface area contributed by atoms with Crippen LogP contribution in [0.3, 0.4) is 0 Å². The van der Waals surface area contributed by atoms with Gasteiger partial charge in [-0.25, -0.2) is 4.79 Å². The molecule has 0 aliphatic carbocycles. The first kappa shape index (κ1) is 11.8. The first-order valence-corrected chi connectivity index (χ1v) is 5.02. The minimum atomic E-state index is -0.831. The highest BCUT2D eigenvalue weighted by atomic mass is 16.6. The Morgan fingerprint density at radius 2 is 2.13 bits per heavy atom. The second-order valence-corrected chi connectivity index (χ2v) is 4.96. The van der Waals surface area contributed by atoms with Crippen molar-refractivity contribution in [2.24, 2.45) is 0 Å². The van der Waals surface area contributed by atoms with E-state index in [1.54, 1.807) is 27.7 Å². The molecule has 2 amide bonds. The highest BCUT2D eigenvalue weighted by molar-refractivity contribution is 5.91. The average molecular weight is 214 g/mol. The predicted molar refractivity (Wildman–Crippen MR) is 55.4 cm³/mol. The lowest BCUT2D eigenvalue weighted by atomic mass is 10.0. The summed E-state index contributed by atoms with van der Waals surface area (Å²) < 4.78 is 5.08. The maximum Gasteiger partial charge on any atom is 0.408 e. The summed E-state index contributed by atoms with van der Waals surface area (Å²) in [7, 11) is 0. The minimum absolute atomic E-state index is 0.159. The average Bonchev–Trinajstić information content (AvgIpc) is 2.27. The molecule has 5 nitrogen and oxygen atoms in total. The highest BCUT2D eigenvalue weighted by Crippen LogP contribution is 2.16. The number of hydrogen-bond acceptors (Lipinski definition) is 3. The molecule has 5 heteroatoms. The zero-order chi connectivity index (χ0) is 11.7. The Morgan fingerprint density at radius 1 is 1.53 bits per heavy atom. The lowest BCUT2D eigenvalue weighted by Gasteiger charge is -2.26. The van der Waals surface area contributed by atoms with Crippen LogP contribution >= 0.6 is 0 Å². The van der Waals surface area contributed by atoms with Gasteiger partial charge in [-0.1, -0.05) is 0 Å². The number of ether oxygens (including phenoxy) is 1. The molecule has 0 spiro atoms. The van der Waals surface area contributed by atoms with Gasteiger partial charge < -0.3 is 15.4 Å². The predicted octanol–water partition coefficient (Wildman–Crippen LogP) is 0.790. The first-order chi connectivity index (χ1) is 6.73. The third kappa shape index (κ3) is 3.11. The van der Waals surface area contributed by atoms with Crippen LogP contribution in [0.25, 0.3) is 0 Å². The molecule has 1 fully saturated rings. The van der Waals surface area contributed by atoms with E-state index in [1.807, 2.05) is 0 Å². The molecule has 86 valence electrons. The van der Waals surface area contributed by atoms with E-state index >= 15 is 0 Å². The Morgan fingerprint density at radius 3 is 2.53 bits per heavy atom. The van der Waals surface area contributed by atoms with Crippen LogP contribution in [0.4, 0.5) is 4.79 Å². The second-order valence-electron chi connectivity index (χ2n) is 4.96. The monoisotopic (exact) mass is 214 g/mol. The van der Waals surface area contributed by atoms with E-state index in [0.717, 1.165) is 0 Å². The number of alkyl carbamates (subject to hydrolysis) is 1. The van der Waals surface area contributed by atoms with E-state index in [-0.39, 0.29) is 5.91 Å². The fourth-order valence-electron chi connectivity index (χ4n) is 1.38. The molecule has 0 saturated carbocycles. The third-order valence-corrected chi connectivity index (χ3v) is 2.19. The molecule has 1 aliphatic heterocycles. The number of rotatable bonds is 1. The molecule has 0 aromatic carbocycles. The third-order valence-electron chi connectivity index (χ3n) is 2.19. The molecular formula is C10H18N2O3. The van der Waals surface area contributed by atoms with Crippen molar-refractivity contribution in [3.05, 3.63) is 0 Å². The molecule has 0 bridgehead atoms. The Kier molecular flexibility index (Phi) is 2.93. The van der Waals surface area contributed by atoms with Gasteiger partial charge in [0.1, 0.15) is 11.1 Å². The fourth-order valence-corrected chi connectivity index (χ4v) is 1.38. The largest absolute Gasteiger partial charge is 0.444 e. The lowest BCUT2D eigenvalue weighted by molar-refractivity contribution is -0.124. The maximum absolute atomic E-state index is 11.5. The standard InChI is InChI=1S/C10H18N2O3/c1-9(2,3)15-8(14)12-10(4)5-6-11-7(10)13/h5-6H2,1-4H3,(H,11,13)(H,12,14)/t10-/m0/s1. The molecule has 0 aromatic heterocycles. The molecule has 0 aromatic rings. The van der Waals surface area contributed by atoms with Crippen molar-refractivity contribution in [3.8, 4) is 0 Å². The van der Waals surface area contributed by atoms with Crippen LogP contribution in [0, 0.1) is 0 Å². The molecule has 1 rings (SSSR count). The van der Waals surface area contributed by atoms with E-state index in [4.69, 9.17) is 4.74 Å². The summed E-state index contributed by atoms with van der Waals surface area (Å²) in [4.78, 5) is 22.9. The van der Waals surface area contributed by atoms with Crippen LogP contribution in [0.1, 0.15) is 34.1 Å². The Labute approximate surface area is 89.6 Å². The van der Waals surface area contributed by atoms with Crippen molar-refractivity contribution in [2.75, 3.05) is 6.54 Å². The van der Waals surface area contributed by atoms with Crippen molar-refractivity contribution >= 4 is 12.0 Å². The summed E-state index contributed by atoms with van der Waals surface area (Å²) in [6.45, 7) is 7.63. The Balaban J connectivity index is 2.55. The van der Waals surface area contributed by atoms with Crippen molar-refractivity contribution in [1.82, 2.24) is 10.6 Å². The summed E-state index contributed by atoms with van der Waals surface area (Å²) in [5.41, 5.74) is -1.38. The number of amides is 2. The fraction of sp³-hybridized carbons (Fsp3) is 0.800. The summed E-state index contributed by atoms with van der Waals surface area (Å²) >= 11 is 0. The van der Waals surface area contributed by atoms with Gasteiger partial charge in [-0.2, -0.15) is 0 Å². The highest BCUT2D eigenvalue weighted by Gasteiger charge is 2.39. The normalized spacial score (nSPS) is 26.0. The molecule has 0 radical (unpaired) electrons. The SMILES string of the molecule is CC(C)(C)OC(=O)N[C@@]1(C)CCNC1=O. The Bertz CT molecular complexity index is 283. The lowest BCUT2D eigenvalue weighted by Crippen LogP contribution is -2.52. The minimum Gasteiger partial charge on any atom is -0.444 e. The smallest absolute Gasteiger partial charge is 0.408 e. The van der Waals surface area contributed by atoms with Crippen molar-refractivity contribution in [1.29, 1.82) is 0 Å². The number of carbonyl (C=O) groups excluding carboxylic acids is 2. The summed E-state index contributed by atoms with van der Waals surface area (Å²) in [5.74, 6) is -0.159. The second kappa shape index (κ2) is 3.72. The number of carbonyl (C=O) groups is 2. The van der Waals surface area contributed by atoms with Gasteiger partial charge in [-0.05, 0) is 34.1 Å². The van der Waals surface area contributed by atoms with Gasteiger partial charge in [0.05, 0.1) is 0 Å². The van der Waals surface area contributed by atoms with Gasteiger partial charge in [0.15, 0.2) is 0 Å². The van der Waals surface area contributed by atoms with Gasteiger partial charge in [0.2, 0.25) is 5.91 Å². The van der Waals surface area contributed by atoms with Crippen LogP contribution in [-0.4, -0.2) is 29.7 Å². The van der Waals surface area contributed by atoms with Gasteiger partial charge in [-0.15, -0.1) is 0 Å². The summed E-state index contributed by atoms with van der Waals surface area (Å²) in [6, 6.07) is 0. The topological polar surface area (TPSA) is 67.4 Å².